The lowest BCUT2D eigenvalue weighted by molar-refractivity contribution is -0.129. The van der Waals surface area contributed by atoms with E-state index in [0.717, 1.165) is 29.1 Å². The van der Waals surface area contributed by atoms with E-state index in [1.807, 2.05) is 24.3 Å². The van der Waals surface area contributed by atoms with Crippen LogP contribution < -0.4 is 5.32 Å². The number of hydrogen-bond donors (Lipinski definition) is 1. The number of pyridine rings is 1. The molecule has 0 fully saturated rings. The Balaban J connectivity index is 1.98. The fourth-order valence-electron chi connectivity index (χ4n) is 3.79. The number of anilines is 1. The molecule has 0 unspecified atom stereocenters. The molecule has 0 aliphatic heterocycles. The first-order chi connectivity index (χ1) is 15.1. The molecular formula is C25H33N5O2. The second-order valence-corrected chi connectivity index (χ2v) is 8.49. The van der Waals surface area contributed by atoms with Crippen molar-refractivity contribution in [3.05, 3.63) is 64.1 Å². The Bertz CT molecular complexity index is 1160. The van der Waals surface area contributed by atoms with Crippen molar-refractivity contribution in [3.63, 3.8) is 0 Å². The zero-order valence-electron chi connectivity index (χ0n) is 20.1. The zero-order valence-corrected chi connectivity index (χ0v) is 20.1. The maximum Gasteiger partial charge on any atom is 0.255 e. The topological polar surface area (TPSA) is 70.0 Å². The van der Waals surface area contributed by atoms with E-state index in [4.69, 9.17) is 4.98 Å². The van der Waals surface area contributed by atoms with Crippen molar-refractivity contribution in [1.82, 2.24) is 19.2 Å². The van der Waals surface area contributed by atoms with Crippen LogP contribution in [0.3, 0.4) is 0 Å². The molecule has 7 heteroatoms. The molecule has 3 rings (SSSR count). The summed E-state index contributed by atoms with van der Waals surface area (Å²) in [7, 11) is 5.01. The molecule has 1 aromatic carbocycles. The number of aryl methyl sites for hydroxylation is 4. The van der Waals surface area contributed by atoms with Crippen LogP contribution in [0.25, 0.3) is 5.65 Å². The van der Waals surface area contributed by atoms with Gasteiger partial charge >= 0.3 is 0 Å². The van der Waals surface area contributed by atoms with E-state index in [2.05, 4.69) is 37.4 Å². The number of carbonyl (C=O) groups is 2. The first kappa shape index (κ1) is 23.3. The summed E-state index contributed by atoms with van der Waals surface area (Å²) in [5, 5.41) is 3.52. The number of carbonyl (C=O) groups excluding carboxylic acids is 2. The van der Waals surface area contributed by atoms with Crippen LogP contribution in [0.1, 0.15) is 45.4 Å². The molecule has 32 heavy (non-hydrogen) atoms. The zero-order chi connectivity index (χ0) is 23.6. The quantitative estimate of drug-likeness (QED) is 0.616. The number of amides is 2. The molecule has 2 aromatic heterocycles. The van der Waals surface area contributed by atoms with Crippen LogP contribution in [0, 0.1) is 20.8 Å². The van der Waals surface area contributed by atoms with Gasteiger partial charge in [0.05, 0.1) is 23.5 Å². The molecule has 7 nitrogen and oxygen atoms in total. The standard InChI is InChI=1S/C25H33N5O2/c1-8-19-11-9-10-16(2)21(19)13-26-22-12-20(14-30-18(4)17(3)27-24(22)30)25(32)29(7)15-23(31)28(5)6/h9-12,14,26H,8,13,15H2,1-7H3. The SMILES string of the molecule is CCc1cccc(C)c1CNc1cc(C(=O)N(C)CC(=O)N(C)C)cn2c(C)c(C)nc12. The highest BCUT2D eigenvalue weighted by Gasteiger charge is 2.20. The van der Waals surface area contributed by atoms with Crippen LogP contribution in [0.15, 0.2) is 30.5 Å². The van der Waals surface area contributed by atoms with Gasteiger partial charge in [-0.2, -0.15) is 0 Å². The number of imidazole rings is 1. The molecule has 0 aliphatic rings. The third-order valence-electron chi connectivity index (χ3n) is 6.00. The number of fused-ring (bicyclic) bond motifs is 1. The van der Waals surface area contributed by atoms with Crippen LogP contribution in [-0.2, 0) is 17.8 Å². The molecule has 170 valence electrons. The smallest absolute Gasteiger partial charge is 0.255 e. The third kappa shape index (κ3) is 4.61. The van der Waals surface area contributed by atoms with Crippen LogP contribution in [-0.4, -0.2) is 58.7 Å². The van der Waals surface area contributed by atoms with Crippen LogP contribution in [0.4, 0.5) is 5.69 Å². The summed E-state index contributed by atoms with van der Waals surface area (Å²) in [5.74, 6) is -0.331. The van der Waals surface area contributed by atoms with Crippen LogP contribution in [0.2, 0.25) is 0 Å². The van der Waals surface area contributed by atoms with Crippen molar-refractivity contribution in [2.24, 2.45) is 0 Å². The summed E-state index contributed by atoms with van der Waals surface area (Å²) < 4.78 is 1.95. The summed E-state index contributed by atoms with van der Waals surface area (Å²) in [4.78, 5) is 32.9. The maximum absolute atomic E-state index is 13.1. The molecule has 3 aromatic rings. The first-order valence-corrected chi connectivity index (χ1v) is 10.9. The summed E-state index contributed by atoms with van der Waals surface area (Å²) in [5.41, 5.74) is 7.79. The molecule has 0 aliphatic carbocycles. The Morgan fingerprint density at radius 2 is 1.84 bits per heavy atom. The Morgan fingerprint density at radius 3 is 2.50 bits per heavy atom. The number of aromatic nitrogens is 2. The minimum atomic E-state index is -0.207. The molecule has 0 radical (unpaired) electrons. The highest BCUT2D eigenvalue weighted by molar-refractivity contribution is 5.97. The molecular weight excluding hydrogens is 402 g/mol. The molecule has 1 N–H and O–H groups in total. The molecule has 2 heterocycles. The van der Waals surface area contributed by atoms with Gasteiger partial charge in [-0.1, -0.05) is 25.1 Å². The van der Waals surface area contributed by atoms with Gasteiger partial charge in [0.2, 0.25) is 5.91 Å². The predicted molar refractivity (Wildman–Crippen MR) is 128 cm³/mol. The summed E-state index contributed by atoms with van der Waals surface area (Å²) in [6.45, 7) is 8.89. The normalized spacial score (nSPS) is 11.0. The van der Waals surface area contributed by atoms with Gasteiger partial charge < -0.3 is 19.5 Å². The van der Waals surface area contributed by atoms with E-state index < -0.39 is 0 Å². The number of likely N-dealkylation sites (N-methyl/N-ethyl adjacent to an activating group) is 2. The lowest BCUT2D eigenvalue weighted by atomic mass is 10.00. The molecule has 0 spiro atoms. The summed E-state index contributed by atoms with van der Waals surface area (Å²) in [6.07, 6.45) is 2.76. The van der Waals surface area contributed by atoms with E-state index in [-0.39, 0.29) is 18.4 Å². The monoisotopic (exact) mass is 435 g/mol. The number of rotatable bonds is 7. The van der Waals surface area contributed by atoms with E-state index in [0.29, 0.717) is 12.1 Å². The maximum atomic E-state index is 13.1. The highest BCUT2D eigenvalue weighted by atomic mass is 16.2. The predicted octanol–water partition coefficient (Wildman–Crippen LogP) is 3.59. The Hall–Kier alpha value is -3.35. The van der Waals surface area contributed by atoms with Crippen molar-refractivity contribution in [2.75, 3.05) is 33.0 Å². The summed E-state index contributed by atoms with van der Waals surface area (Å²) >= 11 is 0. The fraction of sp³-hybridized carbons (Fsp3) is 0.400. The lowest BCUT2D eigenvalue weighted by Gasteiger charge is -2.20. The Kier molecular flexibility index (Phi) is 6.87. The average Bonchev–Trinajstić information content (AvgIpc) is 3.05. The van der Waals surface area contributed by atoms with Gasteiger partial charge in [0.1, 0.15) is 0 Å². The van der Waals surface area contributed by atoms with E-state index in [1.165, 1.54) is 26.5 Å². The number of nitrogens with zero attached hydrogens (tertiary/aromatic N) is 4. The van der Waals surface area contributed by atoms with Gasteiger partial charge in [-0.05, 0) is 49.9 Å². The van der Waals surface area contributed by atoms with Gasteiger partial charge in [-0.25, -0.2) is 4.98 Å². The number of nitrogens with one attached hydrogen (secondary N) is 1. The second kappa shape index (κ2) is 9.42. The minimum absolute atomic E-state index is 0.0254. The second-order valence-electron chi connectivity index (χ2n) is 8.49. The van der Waals surface area contributed by atoms with Gasteiger partial charge in [-0.3, -0.25) is 9.59 Å². The highest BCUT2D eigenvalue weighted by Crippen LogP contribution is 2.24. The molecule has 0 bridgehead atoms. The summed E-state index contributed by atoms with van der Waals surface area (Å²) in [6, 6.07) is 8.19. The molecule has 0 saturated carbocycles. The van der Waals surface area contributed by atoms with E-state index in [1.54, 1.807) is 27.3 Å². The van der Waals surface area contributed by atoms with Crippen molar-refractivity contribution < 1.29 is 9.59 Å². The molecule has 2 amide bonds. The van der Waals surface area contributed by atoms with Gasteiger partial charge in [0.15, 0.2) is 5.65 Å². The Labute approximate surface area is 190 Å². The van der Waals surface area contributed by atoms with Crippen LogP contribution >= 0.6 is 0 Å². The lowest BCUT2D eigenvalue weighted by Crippen LogP contribution is -2.37. The third-order valence-corrected chi connectivity index (χ3v) is 6.00. The van der Waals surface area contributed by atoms with E-state index >= 15 is 0 Å². The fourth-order valence-corrected chi connectivity index (χ4v) is 3.79. The van der Waals surface area contributed by atoms with Gasteiger partial charge in [-0.15, -0.1) is 0 Å². The number of hydrogen-bond acceptors (Lipinski definition) is 4. The molecule has 0 saturated heterocycles. The largest absolute Gasteiger partial charge is 0.378 e. The molecule has 0 atom stereocenters. The Morgan fingerprint density at radius 1 is 1.12 bits per heavy atom. The van der Waals surface area contributed by atoms with Crippen molar-refractivity contribution >= 4 is 23.1 Å². The first-order valence-electron chi connectivity index (χ1n) is 10.9. The van der Waals surface area contributed by atoms with E-state index in [9.17, 15) is 9.59 Å². The van der Waals surface area contributed by atoms with Crippen molar-refractivity contribution in [1.29, 1.82) is 0 Å². The van der Waals surface area contributed by atoms with Crippen molar-refractivity contribution in [3.8, 4) is 0 Å². The van der Waals surface area contributed by atoms with Gasteiger partial charge in [0.25, 0.3) is 5.91 Å². The average molecular weight is 436 g/mol. The van der Waals surface area contributed by atoms with Crippen molar-refractivity contribution in [2.45, 2.75) is 40.7 Å². The van der Waals surface area contributed by atoms with Gasteiger partial charge in [0, 0.05) is 39.6 Å². The number of benzene rings is 1. The van der Waals surface area contributed by atoms with Crippen LogP contribution in [0.5, 0.6) is 0 Å². The minimum Gasteiger partial charge on any atom is -0.378 e.